The molecule has 1 saturated heterocycles. The predicted molar refractivity (Wildman–Crippen MR) is 143 cm³/mol. The molecule has 1 aromatic carbocycles. The number of hydrogen-bond donors (Lipinski definition) is 3. The van der Waals surface area contributed by atoms with Crippen LogP contribution in [0.3, 0.4) is 0 Å². The molecule has 5 rings (SSSR count). The molecule has 2 fully saturated rings. The zero-order valence-corrected chi connectivity index (χ0v) is 22.7. The predicted octanol–water partition coefficient (Wildman–Crippen LogP) is 2.67. The molecule has 3 aromatic rings. The highest BCUT2D eigenvalue weighted by Gasteiger charge is 2.38. The molecule has 4 N–H and O–H groups in total. The first-order valence-electron chi connectivity index (χ1n) is 12.5. The number of anilines is 2. The van der Waals surface area contributed by atoms with Gasteiger partial charge in [-0.1, -0.05) is 18.2 Å². The average Bonchev–Trinajstić information content (AvgIpc) is 3.59. The van der Waals surface area contributed by atoms with Crippen LogP contribution in [-0.4, -0.2) is 70.2 Å². The lowest BCUT2D eigenvalue weighted by Crippen LogP contribution is -2.35. The third-order valence-corrected chi connectivity index (χ3v) is 8.12. The molecule has 2 aliphatic rings. The van der Waals surface area contributed by atoms with Crippen LogP contribution in [-0.2, 0) is 23.4 Å². The van der Waals surface area contributed by atoms with Crippen LogP contribution in [0.4, 0.5) is 11.8 Å². The quantitative estimate of drug-likeness (QED) is 0.232. The van der Waals surface area contributed by atoms with Crippen molar-refractivity contribution < 1.29 is 27.9 Å². The Morgan fingerprint density at radius 1 is 1.33 bits per heavy atom. The van der Waals surface area contributed by atoms with Gasteiger partial charge < -0.3 is 30.0 Å². The lowest BCUT2D eigenvalue weighted by atomic mass is 10.2. The molecule has 4 atom stereocenters. The molecule has 14 nitrogen and oxygen atoms in total. The van der Waals surface area contributed by atoms with Crippen LogP contribution in [0.5, 0.6) is 5.75 Å². The third-order valence-electron chi connectivity index (χ3n) is 6.47. The number of esters is 1. The van der Waals surface area contributed by atoms with E-state index >= 15 is 0 Å². The molecular weight excluding hydrogens is 527 g/mol. The number of hydrogen-bond acceptors (Lipinski definition) is 12. The molecular formula is C24H31N8O6P. The van der Waals surface area contributed by atoms with Gasteiger partial charge in [0.25, 0.3) is 0 Å². The van der Waals surface area contributed by atoms with E-state index in [0.717, 1.165) is 12.8 Å². The van der Waals surface area contributed by atoms with Crippen LogP contribution in [0, 0.1) is 5.41 Å². The minimum Gasteiger partial charge on any atom is -0.468 e. The SMILES string of the molecule is COC(=O)[C@H](C)N[P@@](=O)(OC[C@@H]1CC(=N)[C@H](n2cnc3c(N(C)C4CC4)nc(N)nc32)O1)Oc1ccccc1. The Labute approximate surface area is 224 Å². The summed E-state index contributed by atoms with van der Waals surface area (Å²) in [5.74, 6) is 0.390. The molecule has 208 valence electrons. The van der Waals surface area contributed by atoms with Crippen LogP contribution < -0.4 is 20.2 Å². The van der Waals surface area contributed by atoms with E-state index in [1.54, 1.807) is 41.2 Å². The molecule has 0 bridgehead atoms. The zero-order valence-electron chi connectivity index (χ0n) is 21.8. The Morgan fingerprint density at radius 3 is 2.77 bits per heavy atom. The number of aromatic nitrogens is 4. The number of nitrogens with one attached hydrogen (secondary N) is 2. The smallest absolute Gasteiger partial charge is 0.459 e. The van der Waals surface area contributed by atoms with E-state index in [0.29, 0.717) is 23.0 Å². The van der Waals surface area contributed by atoms with Gasteiger partial charge in [-0.05, 0) is 31.9 Å². The highest BCUT2D eigenvalue weighted by molar-refractivity contribution is 7.52. The minimum atomic E-state index is -4.05. The number of carbonyl (C=O) groups is 1. The molecule has 39 heavy (non-hydrogen) atoms. The Bertz CT molecular complexity index is 1410. The van der Waals surface area contributed by atoms with Gasteiger partial charge in [0.1, 0.15) is 11.8 Å². The van der Waals surface area contributed by atoms with Gasteiger partial charge in [-0.25, -0.2) is 9.55 Å². The summed E-state index contributed by atoms with van der Waals surface area (Å²) in [6, 6.07) is 7.87. The van der Waals surface area contributed by atoms with Crippen molar-refractivity contribution in [3.05, 3.63) is 36.7 Å². The summed E-state index contributed by atoms with van der Waals surface area (Å²) in [4.78, 5) is 27.3. The van der Waals surface area contributed by atoms with E-state index in [1.165, 1.54) is 14.0 Å². The summed E-state index contributed by atoms with van der Waals surface area (Å²) >= 11 is 0. The molecule has 0 unspecified atom stereocenters. The van der Waals surface area contributed by atoms with Crippen LogP contribution in [0.15, 0.2) is 36.7 Å². The zero-order chi connectivity index (χ0) is 27.7. The molecule has 0 amide bonds. The van der Waals surface area contributed by atoms with E-state index in [4.69, 9.17) is 29.7 Å². The van der Waals surface area contributed by atoms with E-state index in [1.807, 2.05) is 11.9 Å². The first-order chi connectivity index (χ1) is 18.7. The van der Waals surface area contributed by atoms with Gasteiger partial charge in [0.15, 0.2) is 23.2 Å². The fourth-order valence-electron chi connectivity index (χ4n) is 4.32. The van der Waals surface area contributed by atoms with Crippen molar-refractivity contribution >= 4 is 42.4 Å². The second-order valence-corrected chi connectivity index (χ2v) is 11.2. The fraction of sp³-hybridized carbons (Fsp3) is 0.458. The number of ether oxygens (including phenoxy) is 2. The molecule has 2 aromatic heterocycles. The van der Waals surface area contributed by atoms with E-state index < -0.39 is 32.1 Å². The van der Waals surface area contributed by atoms with Crippen molar-refractivity contribution in [1.82, 2.24) is 24.6 Å². The number of carbonyl (C=O) groups excluding carboxylic acids is 1. The summed E-state index contributed by atoms with van der Waals surface area (Å²) in [5.41, 5.74) is 7.29. The lowest BCUT2D eigenvalue weighted by molar-refractivity contribution is -0.142. The Kier molecular flexibility index (Phi) is 7.54. The summed E-state index contributed by atoms with van der Waals surface area (Å²) in [6.45, 7) is 1.31. The number of rotatable bonds is 11. The topological polar surface area (TPSA) is 180 Å². The summed E-state index contributed by atoms with van der Waals surface area (Å²) in [5, 5.41) is 11.2. The van der Waals surface area contributed by atoms with Gasteiger partial charge in [0.05, 0.1) is 31.9 Å². The molecule has 0 spiro atoms. The van der Waals surface area contributed by atoms with E-state index in [-0.39, 0.29) is 30.4 Å². The maximum Gasteiger partial charge on any atom is 0.459 e. The third kappa shape index (κ3) is 5.88. The molecule has 15 heteroatoms. The van der Waals surface area contributed by atoms with Gasteiger partial charge in [-0.15, -0.1) is 0 Å². The Balaban J connectivity index is 1.32. The summed E-state index contributed by atoms with van der Waals surface area (Å²) in [6.07, 6.45) is 2.47. The molecule has 0 radical (unpaired) electrons. The Morgan fingerprint density at radius 2 is 2.08 bits per heavy atom. The number of imidazole rings is 1. The van der Waals surface area contributed by atoms with Crippen molar-refractivity contribution in [1.29, 1.82) is 5.41 Å². The minimum absolute atomic E-state index is 0.0981. The summed E-state index contributed by atoms with van der Waals surface area (Å²) in [7, 11) is -0.868. The maximum absolute atomic E-state index is 13.6. The van der Waals surface area contributed by atoms with E-state index in [9.17, 15) is 9.36 Å². The van der Waals surface area contributed by atoms with Crippen LogP contribution in [0.25, 0.3) is 11.2 Å². The number of para-hydroxylation sites is 1. The number of nitrogens with two attached hydrogens (primary N) is 1. The highest BCUT2D eigenvalue weighted by atomic mass is 31.2. The second kappa shape index (κ2) is 10.9. The summed E-state index contributed by atoms with van der Waals surface area (Å²) < 4.78 is 37.4. The molecule has 3 heterocycles. The van der Waals surface area contributed by atoms with Gasteiger partial charge in [0.2, 0.25) is 5.95 Å². The maximum atomic E-state index is 13.6. The highest BCUT2D eigenvalue weighted by Crippen LogP contribution is 2.46. The number of nitrogen functional groups attached to an aromatic ring is 1. The standard InChI is InChI=1S/C24H31N8O6P/c1-14(23(33)35-3)30-39(34,38-16-7-5-4-6-8-16)36-12-17-11-18(25)22(37-17)32-13-27-19-20(31(2)15-9-10-15)28-24(26)29-21(19)32/h4-8,13-15,17,22,25H,9-12H2,1-3H3,(H,30,34)(H2,26,28,29)/t14-,17-,22+,39+/m0/s1. The van der Waals surface area contributed by atoms with Gasteiger partial charge in [-0.3, -0.25) is 13.9 Å². The van der Waals surface area contributed by atoms with Gasteiger partial charge >= 0.3 is 13.7 Å². The fourth-order valence-corrected chi connectivity index (χ4v) is 5.84. The van der Waals surface area contributed by atoms with Crippen molar-refractivity contribution in [2.45, 2.75) is 50.6 Å². The van der Waals surface area contributed by atoms with Crippen LogP contribution >= 0.6 is 7.75 Å². The van der Waals surface area contributed by atoms with Crippen molar-refractivity contribution in [3.8, 4) is 5.75 Å². The number of methoxy groups -OCH3 is 1. The largest absolute Gasteiger partial charge is 0.468 e. The number of fused-ring (bicyclic) bond motifs is 1. The molecule has 1 saturated carbocycles. The van der Waals surface area contributed by atoms with Crippen molar-refractivity contribution in [3.63, 3.8) is 0 Å². The second-order valence-electron chi connectivity index (χ2n) is 9.48. The van der Waals surface area contributed by atoms with Gasteiger partial charge in [0, 0.05) is 19.5 Å². The monoisotopic (exact) mass is 558 g/mol. The van der Waals surface area contributed by atoms with Gasteiger partial charge in [-0.2, -0.15) is 15.1 Å². The van der Waals surface area contributed by atoms with Crippen LogP contribution in [0.2, 0.25) is 0 Å². The van der Waals surface area contributed by atoms with Crippen LogP contribution in [0.1, 0.15) is 32.4 Å². The lowest BCUT2D eigenvalue weighted by Gasteiger charge is -2.23. The van der Waals surface area contributed by atoms with E-state index in [2.05, 4.69) is 20.0 Å². The average molecular weight is 559 g/mol. The molecule has 1 aliphatic carbocycles. The van der Waals surface area contributed by atoms with Crippen molar-refractivity contribution in [2.24, 2.45) is 0 Å². The Hall–Kier alpha value is -3.58. The first-order valence-corrected chi connectivity index (χ1v) is 14.0. The normalized spacial score (nSPS) is 21.5. The molecule has 1 aliphatic heterocycles. The first kappa shape index (κ1) is 27.0. The van der Waals surface area contributed by atoms with Crippen molar-refractivity contribution in [2.75, 3.05) is 31.4 Å². The number of nitrogens with zero attached hydrogens (tertiary/aromatic N) is 5. The number of benzene rings is 1.